The van der Waals surface area contributed by atoms with Crippen molar-refractivity contribution in [3.8, 4) is 17.0 Å². The number of benzene rings is 1. The smallest absolute Gasteiger partial charge is 0.236 e. The number of hydrogen-bond donors (Lipinski definition) is 1. The molecule has 0 atom stereocenters. The number of thiazole rings is 1. The molecule has 124 valence electrons. The second-order valence-corrected chi connectivity index (χ2v) is 7.05. The Kier molecular flexibility index (Phi) is 6.88. The Morgan fingerprint density at radius 2 is 2.04 bits per heavy atom. The average molecular weight is 352 g/mol. The molecule has 2 aromatic rings. The fourth-order valence-corrected chi connectivity index (χ4v) is 3.47. The Bertz CT molecular complexity index is 641. The number of aromatic nitrogens is 1. The standard InChI is InChI=1S/C16H20N2O3S2/c1-11-15(12-4-6-13(21-3)7-5-12)18-16(23-11)17-14(19)10-22-9-8-20-2/h4-7H,8-10H2,1-3H3,(H,17,18,19). The van der Waals surface area contributed by atoms with E-state index in [0.717, 1.165) is 27.6 Å². The van der Waals surface area contributed by atoms with Crippen LogP contribution in [0, 0.1) is 6.92 Å². The number of methoxy groups -OCH3 is 2. The molecule has 1 aromatic heterocycles. The van der Waals surface area contributed by atoms with E-state index in [-0.39, 0.29) is 5.91 Å². The number of hydrogen-bond acceptors (Lipinski definition) is 6. The van der Waals surface area contributed by atoms with Crippen LogP contribution in [0.3, 0.4) is 0 Å². The highest BCUT2D eigenvalue weighted by Gasteiger charge is 2.12. The summed E-state index contributed by atoms with van der Waals surface area (Å²) in [6.45, 7) is 2.65. The van der Waals surface area contributed by atoms with E-state index in [1.54, 1.807) is 26.0 Å². The third-order valence-corrected chi connectivity index (χ3v) is 4.88. The number of carbonyl (C=O) groups is 1. The SMILES string of the molecule is COCCSCC(=O)Nc1nc(-c2ccc(OC)cc2)c(C)s1. The molecule has 5 nitrogen and oxygen atoms in total. The van der Waals surface area contributed by atoms with Gasteiger partial charge in [-0.2, -0.15) is 0 Å². The number of anilines is 1. The van der Waals surface area contributed by atoms with E-state index in [9.17, 15) is 4.79 Å². The van der Waals surface area contributed by atoms with Gasteiger partial charge in [-0.05, 0) is 31.2 Å². The van der Waals surface area contributed by atoms with E-state index in [1.165, 1.54) is 11.3 Å². The number of aryl methyl sites for hydroxylation is 1. The minimum absolute atomic E-state index is 0.0406. The largest absolute Gasteiger partial charge is 0.497 e. The first-order valence-electron chi connectivity index (χ1n) is 7.12. The van der Waals surface area contributed by atoms with Crippen LogP contribution in [0.5, 0.6) is 5.75 Å². The fraction of sp³-hybridized carbons (Fsp3) is 0.375. The Morgan fingerprint density at radius 3 is 2.70 bits per heavy atom. The van der Waals surface area contributed by atoms with Gasteiger partial charge in [-0.15, -0.1) is 23.1 Å². The number of ether oxygens (including phenoxy) is 2. The average Bonchev–Trinajstić information content (AvgIpc) is 2.92. The van der Waals surface area contributed by atoms with Crippen LogP contribution in [-0.4, -0.2) is 43.2 Å². The van der Waals surface area contributed by atoms with Crippen molar-refractivity contribution in [2.45, 2.75) is 6.92 Å². The predicted molar refractivity (Wildman–Crippen MR) is 96.7 cm³/mol. The van der Waals surface area contributed by atoms with Crippen molar-refractivity contribution < 1.29 is 14.3 Å². The third kappa shape index (κ3) is 5.23. The van der Waals surface area contributed by atoms with Gasteiger partial charge in [0.05, 0.1) is 25.2 Å². The van der Waals surface area contributed by atoms with Gasteiger partial charge in [-0.3, -0.25) is 4.79 Å². The van der Waals surface area contributed by atoms with Crippen molar-refractivity contribution >= 4 is 34.1 Å². The lowest BCUT2D eigenvalue weighted by molar-refractivity contribution is -0.113. The number of nitrogens with zero attached hydrogens (tertiary/aromatic N) is 1. The van der Waals surface area contributed by atoms with Crippen LogP contribution < -0.4 is 10.1 Å². The molecule has 0 aliphatic heterocycles. The third-order valence-electron chi connectivity index (χ3n) is 3.07. The van der Waals surface area contributed by atoms with Gasteiger partial charge in [0.1, 0.15) is 5.75 Å². The van der Waals surface area contributed by atoms with Gasteiger partial charge in [0.15, 0.2) is 5.13 Å². The molecular formula is C16H20N2O3S2. The number of rotatable bonds is 8. The van der Waals surface area contributed by atoms with Gasteiger partial charge in [0.2, 0.25) is 5.91 Å². The summed E-state index contributed by atoms with van der Waals surface area (Å²) in [7, 11) is 3.29. The predicted octanol–water partition coefficient (Wildman–Crippen LogP) is 3.45. The zero-order valence-corrected chi connectivity index (χ0v) is 15.1. The second kappa shape index (κ2) is 8.90. The van der Waals surface area contributed by atoms with Crippen molar-refractivity contribution in [3.05, 3.63) is 29.1 Å². The molecule has 1 aromatic carbocycles. The van der Waals surface area contributed by atoms with Crippen molar-refractivity contribution in [2.75, 3.05) is 37.6 Å². The molecule has 1 heterocycles. The molecule has 0 radical (unpaired) electrons. The minimum Gasteiger partial charge on any atom is -0.497 e. The molecule has 7 heteroatoms. The first kappa shape index (κ1) is 17.8. The number of carbonyl (C=O) groups excluding carboxylic acids is 1. The van der Waals surface area contributed by atoms with Crippen molar-refractivity contribution in [1.29, 1.82) is 0 Å². The lowest BCUT2D eigenvalue weighted by Gasteiger charge is -2.02. The maximum Gasteiger partial charge on any atom is 0.236 e. The summed E-state index contributed by atoms with van der Waals surface area (Å²) >= 11 is 3.03. The number of nitrogens with one attached hydrogen (secondary N) is 1. The molecule has 0 saturated carbocycles. The zero-order chi connectivity index (χ0) is 16.7. The lowest BCUT2D eigenvalue weighted by atomic mass is 10.1. The first-order valence-corrected chi connectivity index (χ1v) is 9.09. The normalized spacial score (nSPS) is 10.6. The Labute approximate surface area is 144 Å². The van der Waals surface area contributed by atoms with Gasteiger partial charge < -0.3 is 14.8 Å². The summed E-state index contributed by atoms with van der Waals surface area (Å²) in [5.41, 5.74) is 1.90. The quantitative estimate of drug-likeness (QED) is 0.738. The maximum absolute atomic E-state index is 11.9. The first-order chi connectivity index (χ1) is 11.1. The Hall–Kier alpha value is -1.57. The topological polar surface area (TPSA) is 60.5 Å². The van der Waals surface area contributed by atoms with E-state index in [2.05, 4.69) is 10.3 Å². The van der Waals surface area contributed by atoms with Crippen LogP contribution in [0.25, 0.3) is 11.3 Å². The van der Waals surface area contributed by atoms with E-state index in [4.69, 9.17) is 9.47 Å². The highest BCUT2D eigenvalue weighted by Crippen LogP contribution is 2.31. The van der Waals surface area contributed by atoms with Crippen LogP contribution in [0.4, 0.5) is 5.13 Å². The summed E-state index contributed by atoms with van der Waals surface area (Å²) in [5.74, 6) is 1.97. The summed E-state index contributed by atoms with van der Waals surface area (Å²) < 4.78 is 10.1. The molecule has 0 saturated heterocycles. The monoisotopic (exact) mass is 352 g/mol. The highest BCUT2D eigenvalue weighted by atomic mass is 32.2. The van der Waals surface area contributed by atoms with E-state index < -0.39 is 0 Å². The molecule has 0 bridgehead atoms. The minimum atomic E-state index is -0.0406. The Balaban J connectivity index is 1.98. The molecule has 2 rings (SSSR count). The van der Waals surface area contributed by atoms with E-state index in [0.29, 0.717) is 17.5 Å². The van der Waals surface area contributed by atoms with Crippen LogP contribution in [-0.2, 0) is 9.53 Å². The van der Waals surface area contributed by atoms with Crippen molar-refractivity contribution in [3.63, 3.8) is 0 Å². The van der Waals surface area contributed by atoms with Crippen LogP contribution >= 0.6 is 23.1 Å². The summed E-state index contributed by atoms with van der Waals surface area (Å²) in [6, 6.07) is 7.73. The molecule has 0 fully saturated rings. The van der Waals surface area contributed by atoms with Crippen LogP contribution in [0.15, 0.2) is 24.3 Å². The number of amides is 1. The van der Waals surface area contributed by atoms with Gasteiger partial charge in [-0.1, -0.05) is 0 Å². The number of thioether (sulfide) groups is 1. The lowest BCUT2D eigenvalue weighted by Crippen LogP contribution is -2.14. The van der Waals surface area contributed by atoms with Gasteiger partial charge >= 0.3 is 0 Å². The summed E-state index contributed by atoms with van der Waals surface area (Å²) in [6.07, 6.45) is 0. The molecule has 0 aliphatic rings. The molecule has 0 spiro atoms. The van der Waals surface area contributed by atoms with Gasteiger partial charge in [0.25, 0.3) is 0 Å². The summed E-state index contributed by atoms with van der Waals surface area (Å²) in [4.78, 5) is 17.5. The van der Waals surface area contributed by atoms with Crippen LogP contribution in [0.1, 0.15) is 4.88 Å². The van der Waals surface area contributed by atoms with Gasteiger partial charge in [0, 0.05) is 23.3 Å². The zero-order valence-electron chi connectivity index (χ0n) is 13.4. The van der Waals surface area contributed by atoms with Crippen molar-refractivity contribution in [2.24, 2.45) is 0 Å². The van der Waals surface area contributed by atoms with Gasteiger partial charge in [-0.25, -0.2) is 4.98 Å². The molecular weight excluding hydrogens is 332 g/mol. The Morgan fingerprint density at radius 1 is 1.30 bits per heavy atom. The maximum atomic E-state index is 11.9. The molecule has 1 N–H and O–H groups in total. The fourth-order valence-electron chi connectivity index (χ4n) is 1.93. The van der Waals surface area contributed by atoms with Crippen molar-refractivity contribution in [1.82, 2.24) is 4.98 Å². The van der Waals surface area contributed by atoms with E-state index >= 15 is 0 Å². The summed E-state index contributed by atoms with van der Waals surface area (Å²) in [5, 5.41) is 3.48. The second-order valence-electron chi connectivity index (χ2n) is 4.75. The molecule has 1 amide bonds. The molecule has 23 heavy (non-hydrogen) atoms. The van der Waals surface area contributed by atoms with E-state index in [1.807, 2.05) is 31.2 Å². The molecule has 0 aliphatic carbocycles. The highest BCUT2D eigenvalue weighted by molar-refractivity contribution is 7.99. The van der Waals surface area contributed by atoms with Crippen LogP contribution in [0.2, 0.25) is 0 Å². The molecule has 0 unspecified atom stereocenters.